The normalized spacial score (nSPS) is 17.1. The summed E-state index contributed by atoms with van der Waals surface area (Å²) in [5.41, 5.74) is 2.03. The second kappa shape index (κ2) is 9.06. The van der Waals surface area contributed by atoms with Crippen LogP contribution in [0.15, 0.2) is 70.6 Å². The van der Waals surface area contributed by atoms with Crippen molar-refractivity contribution >= 4 is 34.4 Å². The van der Waals surface area contributed by atoms with Crippen LogP contribution >= 0.6 is 11.8 Å². The molecule has 0 N–H and O–H groups in total. The van der Waals surface area contributed by atoms with Crippen LogP contribution in [0.2, 0.25) is 0 Å². The molecule has 0 aliphatic carbocycles. The number of carbonyl (C=O) groups excluding carboxylic acids is 1. The maximum absolute atomic E-state index is 12.6. The fraction of sp³-hybridized carbons (Fsp3) is 0.318. The molecule has 4 rings (SSSR count). The first-order valence-corrected chi connectivity index (χ1v) is 10.7. The zero-order valence-electron chi connectivity index (χ0n) is 15.8. The predicted molar refractivity (Wildman–Crippen MR) is 117 cm³/mol. The second-order valence-corrected chi connectivity index (χ2v) is 7.82. The van der Waals surface area contributed by atoms with Gasteiger partial charge in [-0.15, -0.1) is 0 Å². The minimum atomic E-state index is 0.198. The van der Waals surface area contributed by atoms with Crippen molar-refractivity contribution in [3.05, 3.63) is 66.2 Å². The van der Waals surface area contributed by atoms with Gasteiger partial charge in [-0.3, -0.25) is 4.79 Å². The molecule has 2 heterocycles. The van der Waals surface area contributed by atoms with E-state index in [4.69, 9.17) is 4.99 Å². The lowest BCUT2D eigenvalue weighted by molar-refractivity contribution is -0.129. The van der Waals surface area contributed by atoms with Crippen LogP contribution in [0.25, 0.3) is 0 Å². The molecule has 2 aliphatic rings. The molecule has 0 bridgehead atoms. The first-order chi connectivity index (χ1) is 13.8. The van der Waals surface area contributed by atoms with Gasteiger partial charge in [0.25, 0.3) is 0 Å². The zero-order chi connectivity index (χ0) is 19.2. The van der Waals surface area contributed by atoms with Gasteiger partial charge in [0.05, 0.1) is 5.75 Å². The van der Waals surface area contributed by atoms with Crippen molar-refractivity contribution in [2.45, 2.75) is 19.3 Å². The lowest BCUT2D eigenvalue weighted by Gasteiger charge is -2.29. The van der Waals surface area contributed by atoms with Gasteiger partial charge in [0.1, 0.15) is 6.67 Å². The fourth-order valence-corrected chi connectivity index (χ4v) is 4.30. The number of aliphatic imine (C=N–C) groups is 2. The molecule has 2 aromatic carbocycles. The molecule has 0 radical (unpaired) electrons. The summed E-state index contributed by atoms with van der Waals surface area (Å²) in [6.07, 6.45) is 3.44. The molecule has 28 heavy (non-hydrogen) atoms. The van der Waals surface area contributed by atoms with Crippen molar-refractivity contribution in [3.63, 3.8) is 0 Å². The smallest absolute Gasteiger partial charge is 0.233 e. The van der Waals surface area contributed by atoms with Crippen molar-refractivity contribution in [1.29, 1.82) is 0 Å². The Bertz CT molecular complexity index is 861. The predicted octanol–water partition coefficient (Wildman–Crippen LogP) is 4.01. The molecule has 2 aromatic rings. The molecule has 6 heteroatoms. The average Bonchev–Trinajstić information content (AvgIpc) is 2.79. The van der Waals surface area contributed by atoms with Gasteiger partial charge in [-0.25, -0.2) is 9.98 Å². The summed E-state index contributed by atoms with van der Waals surface area (Å²) in [4.78, 5) is 26.2. The number of thioether (sulfide) groups is 1. The van der Waals surface area contributed by atoms with Gasteiger partial charge in [-0.1, -0.05) is 60.3 Å². The lowest BCUT2D eigenvalue weighted by Crippen LogP contribution is -2.38. The summed E-state index contributed by atoms with van der Waals surface area (Å²) in [6, 6.07) is 20.1. The van der Waals surface area contributed by atoms with E-state index < -0.39 is 0 Å². The molecule has 0 unspecified atom stereocenters. The van der Waals surface area contributed by atoms with Gasteiger partial charge in [0.2, 0.25) is 5.91 Å². The monoisotopic (exact) mass is 392 g/mol. The van der Waals surface area contributed by atoms with E-state index >= 15 is 0 Å². The van der Waals surface area contributed by atoms with Gasteiger partial charge in [-0.05, 0) is 31.4 Å². The molecule has 144 valence electrons. The van der Waals surface area contributed by atoms with Crippen molar-refractivity contribution in [2.75, 3.05) is 30.4 Å². The van der Waals surface area contributed by atoms with E-state index in [0.29, 0.717) is 12.4 Å². The second-order valence-electron chi connectivity index (χ2n) is 6.88. The fourth-order valence-electron chi connectivity index (χ4n) is 3.40. The Balaban J connectivity index is 1.53. The van der Waals surface area contributed by atoms with E-state index in [1.54, 1.807) is 0 Å². The largest absolute Gasteiger partial charge is 0.342 e. The molecule has 1 fully saturated rings. The number of nitrogens with zero attached hydrogens (tertiary/aromatic N) is 4. The summed E-state index contributed by atoms with van der Waals surface area (Å²) in [5.74, 6) is 1.33. The number of likely N-dealkylation sites (tertiary alicyclic amines) is 1. The Labute approximate surface area is 170 Å². The Morgan fingerprint density at radius 3 is 2.32 bits per heavy atom. The molecular weight excluding hydrogens is 368 g/mol. The highest BCUT2D eigenvalue weighted by atomic mass is 32.2. The van der Waals surface area contributed by atoms with Gasteiger partial charge >= 0.3 is 0 Å². The number of para-hydroxylation sites is 1. The zero-order valence-corrected chi connectivity index (χ0v) is 16.6. The summed E-state index contributed by atoms with van der Waals surface area (Å²) < 4.78 is 0. The maximum Gasteiger partial charge on any atom is 0.233 e. The third-order valence-electron chi connectivity index (χ3n) is 4.93. The summed E-state index contributed by atoms with van der Waals surface area (Å²) in [5, 5.41) is 0.824. The van der Waals surface area contributed by atoms with E-state index in [9.17, 15) is 4.79 Å². The van der Waals surface area contributed by atoms with Gasteiger partial charge in [0.15, 0.2) is 11.0 Å². The van der Waals surface area contributed by atoms with E-state index in [2.05, 4.69) is 9.89 Å². The molecule has 0 saturated carbocycles. The Kier molecular flexibility index (Phi) is 6.07. The number of hydrogen-bond donors (Lipinski definition) is 0. The highest BCUT2D eigenvalue weighted by Crippen LogP contribution is 2.24. The first kappa shape index (κ1) is 18.7. The third-order valence-corrected chi connectivity index (χ3v) is 5.89. The van der Waals surface area contributed by atoms with Crippen LogP contribution in [0.3, 0.4) is 0 Å². The lowest BCUT2D eigenvalue weighted by atomic mass is 10.1. The highest BCUT2D eigenvalue weighted by Gasteiger charge is 2.23. The number of piperidine rings is 1. The Hall–Kier alpha value is -2.60. The number of hydrogen-bond acceptors (Lipinski definition) is 5. The number of rotatable bonds is 4. The number of benzene rings is 2. The number of anilines is 1. The SMILES string of the molecule is O=C(CSC1=NC(c2ccccc2)=NCN1c1ccccc1)N1CCCCC1. The van der Waals surface area contributed by atoms with Crippen LogP contribution in [0.4, 0.5) is 5.69 Å². The van der Waals surface area contributed by atoms with Gasteiger partial charge < -0.3 is 9.80 Å². The van der Waals surface area contributed by atoms with E-state index in [1.165, 1.54) is 18.2 Å². The van der Waals surface area contributed by atoms with Crippen molar-refractivity contribution < 1.29 is 4.79 Å². The average molecular weight is 393 g/mol. The molecule has 0 spiro atoms. The van der Waals surface area contributed by atoms with Crippen LogP contribution in [0.5, 0.6) is 0 Å². The van der Waals surface area contributed by atoms with E-state index in [1.807, 2.05) is 65.6 Å². The quantitative estimate of drug-likeness (QED) is 0.790. The summed E-state index contributed by atoms with van der Waals surface area (Å²) in [7, 11) is 0. The van der Waals surface area contributed by atoms with Gasteiger partial charge in [-0.2, -0.15) is 0 Å². The third kappa shape index (κ3) is 4.44. The highest BCUT2D eigenvalue weighted by molar-refractivity contribution is 8.14. The van der Waals surface area contributed by atoms with Crippen LogP contribution in [-0.2, 0) is 4.79 Å². The van der Waals surface area contributed by atoms with Crippen molar-refractivity contribution in [3.8, 4) is 0 Å². The summed E-state index contributed by atoms with van der Waals surface area (Å²) in [6.45, 7) is 2.26. The van der Waals surface area contributed by atoms with Crippen LogP contribution < -0.4 is 4.90 Å². The Morgan fingerprint density at radius 1 is 0.929 bits per heavy atom. The minimum absolute atomic E-state index is 0.198. The minimum Gasteiger partial charge on any atom is -0.342 e. The molecule has 2 aliphatic heterocycles. The molecule has 1 saturated heterocycles. The summed E-state index contributed by atoms with van der Waals surface area (Å²) >= 11 is 1.50. The number of amidine groups is 2. The van der Waals surface area contributed by atoms with Gasteiger partial charge in [0, 0.05) is 24.3 Å². The standard InChI is InChI=1S/C22H24N4OS/c27-20(25-14-8-3-9-15-25)16-28-22-24-21(18-10-4-1-5-11-18)23-17-26(22)19-12-6-2-7-13-19/h1-2,4-7,10-13H,3,8-9,14-17H2. The number of amides is 1. The molecule has 5 nitrogen and oxygen atoms in total. The molecule has 0 aromatic heterocycles. The van der Waals surface area contributed by atoms with E-state index in [0.717, 1.165) is 48.2 Å². The molecular formula is C22H24N4OS. The maximum atomic E-state index is 12.6. The topological polar surface area (TPSA) is 48.3 Å². The Morgan fingerprint density at radius 2 is 1.61 bits per heavy atom. The van der Waals surface area contributed by atoms with E-state index in [-0.39, 0.29) is 5.91 Å². The molecule has 0 atom stereocenters. The van der Waals surface area contributed by atoms with Crippen LogP contribution in [-0.4, -0.2) is 47.3 Å². The number of carbonyl (C=O) groups is 1. The van der Waals surface area contributed by atoms with Crippen molar-refractivity contribution in [1.82, 2.24) is 4.90 Å². The van der Waals surface area contributed by atoms with Crippen molar-refractivity contribution in [2.24, 2.45) is 9.98 Å². The molecule has 1 amide bonds. The van der Waals surface area contributed by atoms with Crippen LogP contribution in [0.1, 0.15) is 24.8 Å². The van der Waals surface area contributed by atoms with Crippen LogP contribution in [0, 0.1) is 0 Å². The first-order valence-electron chi connectivity index (χ1n) is 9.73.